The summed E-state index contributed by atoms with van der Waals surface area (Å²) >= 11 is 0. The van der Waals surface area contributed by atoms with Crippen molar-refractivity contribution in [1.29, 1.82) is 0 Å². The monoisotopic (exact) mass is 224 g/mol. The molecule has 2 unspecified atom stereocenters. The van der Waals surface area contributed by atoms with E-state index in [1.165, 1.54) is 45.3 Å². The van der Waals surface area contributed by atoms with Gasteiger partial charge in [0, 0.05) is 18.6 Å². The van der Waals surface area contributed by atoms with Gasteiger partial charge < -0.3 is 5.32 Å². The summed E-state index contributed by atoms with van der Waals surface area (Å²) in [6, 6.07) is 1.47. The highest BCUT2D eigenvalue weighted by Crippen LogP contribution is 2.32. The van der Waals surface area contributed by atoms with E-state index in [-0.39, 0.29) is 0 Å². The van der Waals surface area contributed by atoms with Crippen LogP contribution < -0.4 is 5.32 Å². The van der Waals surface area contributed by atoms with Crippen molar-refractivity contribution in [1.82, 2.24) is 10.2 Å². The Morgan fingerprint density at radius 2 is 2.00 bits per heavy atom. The summed E-state index contributed by atoms with van der Waals surface area (Å²) in [5, 5.41) is 3.70. The lowest BCUT2D eigenvalue weighted by molar-refractivity contribution is 0.187. The van der Waals surface area contributed by atoms with E-state index in [9.17, 15) is 0 Å². The number of nitrogens with zero attached hydrogens (tertiary/aromatic N) is 1. The minimum Gasteiger partial charge on any atom is -0.312 e. The molecule has 0 aromatic carbocycles. The van der Waals surface area contributed by atoms with E-state index in [1.807, 2.05) is 0 Å². The van der Waals surface area contributed by atoms with Crippen LogP contribution in [-0.2, 0) is 0 Å². The standard InChI is InChI=1S/C14H28N2/c1-11(2)14-10-16(9-7-13-4-5-13)12(3)6-8-15-14/h11-15H,4-10H2,1-3H3. The van der Waals surface area contributed by atoms with E-state index in [2.05, 4.69) is 31.0 Å². The van der Waals surface area contributed by atoms with Gasteiger partial charge in [-0.05, 0) is 44.7 Å². The molecule has 2 atom stereocenters. The van der Waals surface area contributed by atoms with Crippen LogP contribution in [0.4, 0.5) is 0 Å². The lowest BCUT2D eigenvalue weighted by Gasteiger charge is -2.30. The van der Waals surface area contributed by atoms with Gasteiger partial charge in [0.25, 0.3) is 0 Å². The lowest BCUT2D eigenvalue weighted by atomic mass is 10.0. The molecule has 2 nitrogen and oxygen atoms in total. The maximum Gasteiger partial charge on any atom is 0.0218 e. The molecule has 0 aromatic rings. The minimum atomic E-state index is 0.698. The van der Waals surface area contributed by atoms with Crippen LogP contribution in [0.3, 0.4) is 0 Å². The van der Waals surface area contributed by atoms with Crippen molar-refractivity contribution in [2.45, 2.75) is 58.5 Å². The SMILES string of the molecule is CC(C)C1CN(CCC2CC2)C(C)CCN1. The Balaban J connectivity index is 1.84. The van der Waals surface area contributed by atoms with Gasteiger partial charge in [-0.15, -0.1) is 0 Å². The Labute approximate surface area is 101 Å². The second-order valence-electron chi connectivity index (χ2n) is 6.17. The number of hydrogen-bond acceptors (Lipinski definition) is 2. The molecule has 0 aromatic heterocycles. The van der Waals surface area contributed by atoms with Crippen molar-refractivity contribution in [3.05, 3.63) is 0 Å². The normalized spacial score (nSPS) is 33.0. The van der Waals surface area contributed by atoms with Crippen LogP contribution >= 0.6 is 0 Å². The first-order valence-electron chi connectivity index (χ1n) is 7.14. The maximum atomic E-state index is 3.70. The van der Waals surface area contributed by atoms with Crippen LogP contribution in [0, 0.1) is 11.8 Å². The molecule has 1 saturated heterocycles. The molecule has 0 spiro atoms. The summed E-state index contributed by atoms with van der Waals surface area (Å²) in [6.07, 6.45) is 5.74. The quantitative estimate of drug-likeness (QED) is 0.789. The summed E-state index contributed by atoms with van der Waals surface area (Å²) in [5.41, 5.74) is 0. The topological polar surface area (TPSA) is 15.3 Å². The van der Waals surface area contributed by atoms with Gasteiger partial charge in [-0.1, -0.05) is 26.7 Å². The van der Waals surface area contributed by atoms with Crippen LogP contribution in [0.5, 0.6) is 0 Å². The molecule has 1 saturated carbocycles. The predicted octanol–water partition coefficient (Wildman–Crippen LogP) is 2.49. The van der Waals surface area contributed by atoms with Crippen LogP contribution in [-0.4, -0.2) is 36.6 Å². The third-order valence-corrected chi connectivity index (χ3v) is 4.35. The zero-order chi connectivity index (χ0) is 11.5. The van der Waals surface area contributed by atoms with E-state index in [4.69, 9.17) is 0 Å². The molecular weight excluding hydrogens is 196 g/mol. The molecule has 2 rings (SSSR count). The molecule has 1 heterocycles. The summed E-state index contributed by atoms with van der Waals surface area (Å²) in [7, 11) is 0. The highest BCUT2D eigenvalue weighted by Gasteiger charge is 2.27. The second kappa shape index (κ2) is 5.50. The molecule has 0 bridgehead atoms. The summed E-state index contributed by atoms with van der Waals surface area (Å²) in [4.78, 5) is 2.73. The highest BCUT2D eigenvalue weighted by molar-refractivity contribution is 4.84. The van der Waals surface area contributed by atoms with Gasteiger partial charge >= 0.3 is 0 Å². The first-order chi connectivity index (χ1) is 7.66. The lowest BCUT2D eigenvalue weighted by Crippen LogP contribution is -2.43. The molecule has 0 amide bonds. The van der Waals surface area contributed by atoms with Gasteiger partial charge in [-0.3, -0.25) is 4.90 Å². The highest BCUT2D eigenvalue weighted by atomic mass is 15.2. The third-order valence-electron chi connectivity index (χ3n) is 4.35. The summed E-state index contributed by atoms with van der Waals surface area (Å²) < 4.78 is 0. The van der Waals surface area contributed by atoms with E-state index >= 15 is 0 Å². The average Bonchev–Trinajstić information content (AvgIpc) is 3.03. The maximum absolute atomic E-state index is 3.70. The van der Waals surface area contributed by atoms with Gasteiger partial charge in [0.1, 0.15) is 0 Å². The largest absolute Gasteiger partial charge is 0.312 e. The molecule has 16 heavy (non-hydrogen) atoms. The Morgan fingerprint density at radius 3 is 2.62 bits per heavy atom. The average molecular weight is 224 g/mol. The number of nitrogens with one attached hydrogen (secondary N) is 1. The van der Waals surface area contributed by atoms with E-state index in [0.717, 1.165) is 17.9 Å². The van der Waals surface area contributed by atoms with E-state index < -0.39 is 0 Å². The minimum absolute atomic E-state index is 0.698. The van der Waals surface area contributed by atoms with Crippen molar-refractivity contribution in [3.63, 3.8) is 0 Å². The predicted molar refractivity (Wildman–Crippen MR) is 69.6 cm³/mol. The van der Waals surface area contributed by atoms with Gasteiger partial charge in [0.05, 0.1) is 0 Å². The fourth-order valence-electron chi connectivity index (χ4n) is 2.67. The molecule has 2 heteroatoms. The van der Waals surface area contributed by atoms with Crippen molar-refractivity contribution < 1.29 is 0 Å². The number of rotatable bonds is 4. The van der Waals surface area contributed by atoms with Gasteiger partial charge in [0.2, 0.25) is 0 Å². The molecule has 1 N–H and O–H groups in total. The smallest absolute Gasteiger partial charge is 0.0218 e. The Hall–Kier alpha value is -0.0800. The van der Waals surface area contributed by atoms with Crippen molar-refractivity contribution in [2.24, 2.45) is 11.8 Å². The van der Waals surface area contributed by atoms with Crippen molar-refractivity contribution >= 4 is 0 Å². The summed E-state index contributed by atoms with van der Waals surface area (Å²) in [5.74, 6) is 1.83. The second-order valence-corrected chi connectivity index (χ2v) is 6.17. The van der Waals surface area contributed by atoms with Crippen LogP contribution in [0.2, 0.25) is 0 Å². The molecule has 94 valence electrons. The van der Waals surface area contributed by atoms with E-state index in [1.54, 1.807) is 0 Å². The Morgan fingerprint density at radius 1 is 1.25 bits per heavy atom. The van der Waals surface area contributed by atoms with Gasteiger partial charge in [-0.2, -0.15) is 0 Å². The van der Waals surface area contributed by atoms with Crippen LogP contribution in [0.25, 0.3) is 0 Å². The first-order valence-corrected chi connectivity index (χ1v) is 7.14. The molecule has 2 aliphatic rings. The Kier molecular flexibility index (Phi) is 4.26. The Bertz CT molecular complexity index is 211. The number of hydrogen-bond donors (Lipinski definition) is 1. The zero-order valence-corrected chi connectivity index (χ0v) is 11.2. The van der Waals surface area contributed by atoms with Crippen LogP contribution in [0.15, 0.2) is 0 Å². The van der Waals surface area contributed by atoms with Crippen molar-refractivity contribution in [2.75, 3.05) is 19.6 Å². The molecular formula is C14H28N2. The molecule has 1 aliphatic carbocycles. The first kappa shape index (κ1) is 12.4. The van der Waals surface area contributed by atoms with Gasteiger partial charge in [0.15, 0.2) is 0 Å². The fourth-order valence-corrected chi connectivity index (χ4v) is 2.67. The zero-order valence-electron chi connectivity index (χ0n) is 11.2. The molecule has 0 radical (unpaired) electrons. The fraction of sp³-hybridized carbons (Fsp3) is 1.00. The molecule has 1 aliphatic heterocycles. The molecule has 2 fully saturated rings. The van der Waals surface area contributed by atoms with E-state index in [0.29, 0.717) is 6.04 Å². The van der Waals surface area contributed by atoms with Crippen LogP contribution in [0.1, 0.15) is 46.5 Å². The van der Waals surface area contributed by atoms with Crippen molar-refractivity contribution in [3.8, 4) is 0 Å². The summed E-state index contributed by atoms with van der Waals surface area (Å²) in [6.45, 7) is 10.9. The van der Waals surface area contributed by atoms with Gasteiger partial charge in [-0.25, -0.2) is 0 Å². The third kappa shape index (κ3) is 3.46.